The lowest BCUT2D eigenvalue weighted by molar-refractivity contribution is 0.0947. The van der Waals surface area contributed by atoms with Gasteiger partial charge in [0.25, 0.3) is 29.5 Å². The van der Waals surface area contributed by atoms with Crippen LogP contribution in [0.2, 0.25) is 0 Å². The van der Waals surface area contributed by atoms with Crippen molar-refractivity contribution in [1.29, 1.82) is 5.41 Å². The fourth-order valence-corrected chi connectivity index (χ4v) is 7.18. The number of H-pyrrole nitrogens is 4. The Bertz CT molecular complexity index is 2640. The number of nitrogens with zero attached hydrogens (tertiary/aromatic N) is 1. The van der Waals surface area contributed by atoms with E-state index >= 15 is 0 Å². The number of hydrogen-bond donors (Lipinski definition) is 11. The minimum Gasteiger partial charge on any atom is -0.388 e. The lowest BCUT2D eigenvalue weighted by atomic mass is 10.1. The maximum atomic E-state index is 13.6. The average molecular weight is 906 g/mol. The SMILES string of the molecule is Cc1c(NC(=O)c2[nH]cc(NC(=O)c3[nH]cc(NC(=O)c4[nH]c5ccc(NC(=O)c6ccc(N(CCCl)CCCl)cc6)cc5c4C)c3C)c2C)c[nH]c1C(=O)NCCC(=N)N.Cl. The first-order valence-electron chi connectivity index (χ1n) is 19.2. The van der Waals surface area contributed by atoms with E-state index in [1.165, 1.54) is 18.6 Å². The zero-order valence-corrected chi connectivity index (χ0v) is 36.6. The number of benzene rings is 2. The zero-order chi connectivity index (χ0) is 44.0. The van der Waals surface area contributed by atoms with Crippen LogP contribution in [0.5, 0.6) is 0 Å². The van der Waals surface area contributed by atoms with Crippen LogP contribution in [0, 0.1) is 33.1 Å². The molecule has 0 unspecified atom stereocenters. The molecule has 326 valence electrons. The molecule has 4 heterocycles. The van der Waals surface area contributed by atoms with Crippen molar-refractivity contribution in [1.82, 2.24) is 25.3 Å². The predicted molar refractivity (Wildman–Crippen MR) is 248 cm³/mol. The lowest BCUT2D eigenvalue weighted by Crippen LogP contribution is -2.28. The van der Waals surface area contributed by atoms with Gasteiger partial charge in [0.05, 0.1) is 22.9 Å². The third-order valence-electron chi connectivity index (χ3n) is 10.3. The number of fused-ring (bicyclic) bond motifs is 1. The van der Waals surface area contributed by atoms with Crippen LogP contribution < -0.4 is 37.2 Å². The Hall–Kier alpha value is -6.69. The van der Waals surface area contributed by atoms with Gasteiger partial charge in [-0.2, -0.15) is 0 Å². The third kappa shape index (κ3) is 10.2. The highest BCUT2D eigenvalue weighted by molar-refractivity contribution is 6.19. The van der Waals surface area contributed by atoms with Gasteiger partial charge < -0.3 is 57.2 Å². The fourth-order valence-electron chi connectivity index (χ4n) is 6.77. The van der Waals surface area contributed by atoms with Crippen LogP contribution in [-0.4, -0.2) is 86.7 Å². The molecule has 0 saturated carbocycles. The van der Waals surface area contributed by atoms with Crippen LogP contribution in [0.15, 0.2) is 61.1 Å². The minimum atomic E-state index is -0.499. The molecule has 6 aromatic rings. The Morgan fingerprint density at radius 1 is 0.645 bits per heavy atom. The number of anilines is 5. The number of halogens is 3. The van der Waals surface area contributed by atoms with Crippen LogP contribution in [0.25, 0.3) is 10.9 Å². The first-order valence-corrected chi connectivity index (χ1v) is 20.3. The second kappa shape index (κ2) is 20.2. The number of amidine groups is 1. The average Bonchev–Trinajstić information content (AvgIpc) is 3.99. The molecule has 0 bridgehead atoms. The standard InChI is InChI=1S/C42H46Cl2N12O5.ClH/c1-21-28-17-26(51-38(57)25-5-8-27(9-6-25)56(15-12-43)16-13-44)7-10-29(28)52-37(21)42(61)55-32-20-50-36(24(32)4)41(60)54-31-19-49-35(23(31)3)40(59)53-30-18-48-34(22(30)2)39(58)47-14-11-33(45)46;/h5-10,17-20,48-50,52H,11-16H2,1-4H3,(H3,45,46)(H,47,58)(H,51,57)(H,53,59)(H,54,60)(H,55,61);1H. The van der Waals surface area contributed by atoms with Gasteiger partial charge in [0.2, 0.25) is 0 Å². The summed E-state index contributed by atoms with van der Waals surface area (Å²) in [4.78, 5) is 79.8. The van der Waals surface area contributed by atoms with Crippen LogP contribution in [-0.2, 0) is 0 Å². The molecule has 6 rings (SSSR count). The van der Waals surface area contributed by atoms with Gasteiger partial charge in [-0.15, -0.1) is 35.6 Å². The third-order valence-corrected chi connectivity index (χ3v) is 10.6. The van der Waals surface area contributed by atoms with Gasteiger partial charge in [-0.05, 0) is 75.7 Å². The summed E-state index contributed by atoms with van der Waals surface area (Å²) in [6.45, 7) is 8.31. The molecule has 5 amide bonds. The van der Waals surface area contributed by atoms with E-state index in [-0.39, 0.29) is 54.2 Å². The van der Waals surface area contributed by atoms with Crippen molar-refractivity contribution < 1.29 is 24.0 Å². The first-order chi connectivity index (χ1) is 29.2. The lowest BCUT2D eigenvalue weighted by Gasteiger charge is -2.22. The molecule has 2 aromatic carbocycles. The normalized spacial score (nSPS) is 10.8. The number of aromatic amines is 4. The van der Waals surface area contributed by atoms with Gasteiger partial charge in [0.1, 0.15) is 22.8 Å². The fraction of sp³-hybridized carbons (Fsp3) is 0.238. The zero-order valence-electron chi connectivity index (χ0n) is 34.2. The number of nitrogens with two attached hydrogens (primary N) is 1. The number of alkyl halides is 2. The van der Waals surface area contributed by atoms with Crippen molar-refractivity contribution in [3.63, 3.8) is 0 Å². The summed E-state index contributed by atoms with van der Waals surface area (Å²) in [6, 6.07) is 12.5. The monoisotopic (exact) mass is 904 g/mol. The van der Waals surface area contributed by atoms with E-state index in [0.717, 1.165) is 11.1 Å². The van der Waals surface area contributed by atoms with Gasteiger partial charge >= 0.3 is 0 Å². The number of carbonyl (C=O) groups excluding carboxylic acids is 5. The Morgan fingerprint density at radius 2 is 1.13 bits per heavy atom. The molecule has 0 atom stereocenters. The molecule has 0 aliphatic carbocycles. The summed E-state index contributed by atoms with van der Waals surface area (Å²) >= 11 is 11.9. The number of aromatic nitrogens is 4. The molecule has 0 saturated heterocycles. The van der Waals surface area contributed by atoms with E-state index in [2.05, 4.69) is 46.5 Å². The Kier molecular flexibility index (Phi) is 15.1. The highest BCUT2D eigenvalue weighted by atomic mass is 35.5. The van der Waals surface area contributed by atoms with E-state index in [4.69, 9.17) is 34.3 Å². The van der Waals surface area contributed by atoms with Gasteiger partial charge in [-0.3, -0.25) is 29.4 Å². The second-order valence-electron chi connectivity index (χ2n) is 14.3. The van der Waals surface area contributed by atoms with Crippen molar-refractivity contribution in [2.45, 2.75) is 34.1 Å². The van der Waals surface area contributed by atoms with Crippen LogP contribution in [0.1, 0.15) is 81.0 Å². The smallest absolute Gasteiger partial charge is 0.272 e. The highest BCUT2D eigenvalue weighted by Gasteiger charge is 2.23. The number of amides is 5. The maximum absolute atomic E-state index is 13.6. The van der Waals surface area contributed by atoms with Crippen molar-refractivity contribution in [2.24, 2.45) is 5.73 Å². The number of aryl methyl sites for hydroxylation is 1. The minimum absolute atomic E-state index is 0. The van der Waals surface area contributed by atoms with E-state index < -0.39 is 23.6 Å². The molecule has 20 heteroatoms. The summed E-state index contributed by atoms with van der Waals surface area (Å²) in [5.74, 6) is -1.25. The number of rotatable bonds is 17. The van der Waals surface area contributed by atoms with Crippen LogP contribution in [0.4, 0.5) is 28.4 Å². The summed E-state index contributed by atoms with van der Waals surface area (Å²) in [5, 5.41) is 22.1. The van der Waals surface area contributed by atoms with Crippen LogP contribution in [0.3, 0.4) is 0 Å². The summed E-state index contributed by atoms with van der Waals surface area (Å²) < 4.78 is 0. The molecular formula is C42H47Cl3N12O5. The Balaban J connectivity index is 0.00000726. The summed E-state index contributed by atoms with van der Waals surface area (Å²) in [5.41, 5.74) is 12.2. The number of carbonyl (C=O) groups is 5. The first kappa shape index (κ1) is 46.4. The van der Waals surface area contributed by atoms with Gasteiger partial charge in [0, 0.05) is 101 Å². The molecule has 0 radical (unpaired) electrons. The molecule has 17 nitrogen and oxygen atoms in total. The maximum Gasteiger partial charge on any atom is 0.272 e. The molecule has 4 aromatic heterocycles. The second-order valence-corrected chi connectivity index (χ2v) is 15.0. The van der Waals surface area contributed by atoms with Gasteiger partial charge in [-0.25, -0.2) is 0 Å². The van der Waals surface area contributed by atoms with E-state index in [1.54, 1.807) is 58.0 Å². The van der Waals surface area contributed by atoms with Gasteiger partial charge in [-0.1, -0.05) is 0 Å². The summed E-state index contributed by atoms with van der Waals surface area (Å²) in [7, 11) is 0. The molecule has 12 N–H and O–H groups in total. The molecular weight excluding hydrogens is 859 g/mol. The predicted octanol–water partition coefficient (Wildman–Crippen LogP) is 7.16. The van der Waals surface area contributed by atoms with E-state index in [0.29, 0.717) is 86.6 Å². The Morgan fingerprint density at radius 3 is 1.61 bits per heavy atom. The number of nitrogens with one attached hydrogen (secondary N) is 10. The number of hydrogen-bond acceptors (Lipinski definition) is 7. The van der Waals surface area contributed by atoms with Crippen molar-refractivity contribution in [2.75, 3.05) is 57.6 Å². The highest BCUT2D eigenvalue weighted by Crippen LogP contribution is 2.29. The van der Waals surface area contributed by atoms with E-state index in [9.17, 15) is 24.0 Å². The largest absolute Gasteiger partial charge is 0.388 e. The summed E-state index contributed by atoms with van der Waals surface area (Å²) in [6.07, 6.45) is 4.73. The quantitative estimate of drug-likeness (QED) is 0.0255. The Labute approximate surface area is 372 Å². The molecule has 0 fully saturated rings. The van der Waals surface area contributed by atoms with Crippen LogP contribution >= 0.6 is 35.6 Å². The molecule has 0 aliphatic rings. The van der Waals surface area contributed by atoms with E-state index in [1.807, 2.05) is 17.0 Å². The molecule has 0 spiro atoms. The van der Waals surface area contributed by atoms with Crippen molar-refractivity contribution in [3.8, 4) is 0 Å². The van der Waals surface area contributed by atoms with Crippen molar-refractivity contribution in [3.05, 3.63) is 112 Å². The molecule has 62 heavy (non-hydrogen) atoms. The van der Waals surface area contributed by atoms with Gasteiger partial charge in [0.15, 0.2) is 0 Å². The van der Waals surface area contributed by atoms with Crippen molar-refractivity contribution >= 4 is 110 Å². The molecule has 0 aliphatic heterocycles. The topological polar surface area (TPSA) is 262 Å².